The van der Waals surface area contributed by atoms with Crippen molar-refractivity contribution in [2.24, 2.45) is 5.73 Å². The molecule has 18 heavy (non-hydrogen) atoms. The zero-order chi connectivity index (χ0) is 13.1. The topological polar surface area (TPSA) is 85.5 Å². The molecule has 1 aliphatic heterocycles. The number of hydrogen-bond acceptors (Lipinski definition) is 4. The summed E-state index contributed by atoms with van der Waals surface area (Å²) in [6.45, 7) is 0.782. The van der Waals surface area contributed by atoms with Crippen LogP contribution in [0, 0.1) is 0 Å². The maximum atomic E-state index is 12.3. The van der Waals surface area contributed by atoms with Crippen molar-refractivity contribution in [2.45, 2.75) is 6.04 Å². The molecule has 2 heterocycles. The number of amides is 2. The highest BCUT2D eigenvalue weighted by atomic mass is 35.5. The molecule has 1 fully saturated rings. The Bertz CT molecular complexity index is 480. The quantitative estimate of drug-likeness (QED) is 0.823. The van der Waals surface area contributed by atoms with Gasteiger partial charge < -0.3 is 15.4 Å². The van der Waals surface area contributed by atoms with E-state index in [0.29, 0.717) is 18.2 Å². The third-order valence-electron chi connectivity index (χ3n) is 2.72. The van der Waals surface area contributed by atoms with Crippen LogP contribution in [0.25, 0.3) is 0 Å². The zero-order valence-electron chi connectivity index (χ0n) is 9.51. The third-order valence-corrected chi connectivity index (χ3v) is 3.05. The van der Waals surface area contributed by atoms with E-state index < -0.39 is 11.9 Å². The maximum absolute atomic E-state index is 12.3. The Morgan fingerprint density at radius 1 is 1.56 bits per heavy atom. The molecule has 0 radical (unpaired) electrons. The van der Waals surface area contributed by atoms with Gasteiger partial charge in [-0.1, -0.05) is 11.6 Å². The summed E-state index contributed by atoms with van der Waals surface area (Å²) < 4.78 is 5.15. The lowest BCUT2D eigenvalue weighted by Crippen LogP contribution is -2.54. The molecule has 1 aromatic heterocycles. The molecule has 0 spiro atoms. The molecule has 2 amide bonds. The number of carbonyl (C=O) groups excluding carboxylic acids is 2. The second-order valence-corrected chi connectivity index (χ2v) is 4.25. The molecule has 1 unspecified atom stereocenters. The molecule has 1 aromatic rings. The van der Waals surface area contributed by atoms with E-state index in [1.807, 2.05) is 0 Å². The molecule has 2 rings (SSSR count). The summed E-state index contributed by atoms with van der Waals surface area (Å²) in [5.41, 5.74) is 5.51. The van der Waals surface area contributed by atoms with Gasteiger partial charge in [0.05, 0.1) is 23.8 Å². The predicted molar refractivity (Wildman–Crippen MR) is 64.1 cm³/mol. The largest absolute Gasteiger partial charge is 0.377 e. The molecule has 0 bridgehead atoms. The normalized spacial score (nSPS) is 19.6. The second kappa shape index (κ2) is 5.32. The zero-order valence-corrected chi connectivity index (χ0v) is 10.3. The van der Waals surface area contributed by atoms with Crippen LogP contribution in [0.15, 0.2) is 18.5 Å². The highest BCUT2D eigenvalue weighted by molar-refractivity contribution is 6.33. The van der Waals surface area contributed by atoms with Crippen molar-refractivity contribution in [1.82, 2.24) is 9.88 Å². The Morgan fingerprint density at radius 3 is 3.00 bits per heavy atom. The predicted octanol–water partition coefficient (Wildman–Crippen LogP) is 0.0613. The average molecular weight is 270 g/mol. The van der Waals surface area contributed by atoms with E-state index in [-0.39, 0.29) is 18.1 Å². The number of halogens is 1. The monoisotopic (exact) mass is 269 g/mol. The van der Waals surface area contributed by atoms with Gasteiger partial charge in [0, 0.05) is 18.9 Å². The van der Waals surface area contributed by atoms with Crippen LogP contribution in [0.1, 0.15) is 10.4 Å². The second-order valence-electron chi connectivity index (χ2n) is 3.85. The number of nitrogens with zero attached hydrogens (tertiary/aromatic N) is 2. The number of hydrogen-bond donors (Lipinski definition) is 1. The molecule has 7 heteroatoms. The molecular weight excluding hydrogens is 258 g/mol. The van der Waals surface area contributed by atoms with Gasteiger partial charge in [-0.25, -0.2) is 0 Å². The molecule has 96 valence electrons. The van der Waals surface area contributed by atoms with Crippen molar-refractivity contribution in [3.8, 4) is 0 Å². The minimum Gasteiger partial charge on any atom is -0.377 e. The van der Waals surface area contributed by atoms with Crippen molar-refractivity contribution < 1.29 is 14.3 Å². The number of carbonyl (C=O) groups is 2. The summed E-state index contributed by atoms with van der Waals surface area (Å²) in [6, 6.07) is 0.761. The summed E-state index contributed by atoms with van der Waals surface area (Å²) in [6.07, 6.45) is 2.86. The Labute approximate surface area is 109 Å². The molecule has 1 aliphatic rings. The van der Waals surface area contributed by atoms with Crippen molar-refractivity contribution in [3.05, 3.63) is 29.0 Å². The first-order valence-corrected chi connectivity index (χ1v) is 5.76. The molecule has 2 N–H and O–H groups in total. The number of morpholine rings is 1. The number of ether oxygens (including phenoxy) is 1. The summed E-state index contributed by atoms with van der Waals surface area (Å²) in [7, 11) is 0. The Kier molecular flexibility index (Phi) is 3.78. The van der Waals surface area contributed by atoms with Gasteiger partial charge in [0.1, 0.15) is 6.04 Å². The SMILES string of the molecule is NC(=O)C1COCCN1C(=O)c1cnccc1Cl. The van der Waals surface area contributed by atoms with Crippen LogP contribution in [0.4, 0.5) is 0 Å². The summed E-state index contributed by atoms with van der Waals surface area (Å²) >= 11 is 5.93. The van der Waals surface area contributed by atoms with Crippen molar-refractivity contribution in [2.75, 3.05) is 19.8 Å². The maximum Gasteiger partial charge on any atom is 0.257 e. The molecule has 1 atom stereocenters. The molecule has 6 nitrogen and oxygen atoms in total. The lowest BCUT2D eigenvalue weighted by atomic mass is 10.1. The highest BCUT2D eigenvalue weighted by Gasteiger charge is 2.32. The fourth-order valence-electron chi connectivity index (χ4n) is 1.77. The molecule has 0 saturated carbocycles. The van der Waals surface area contributed by atoms with Gasteiger partial charge in [-0.3, -0.25) is 14.6 Å². The van der Waals surface area contributed by atoms with Gasteiger partial charge in [0.2, 0.25) is 5.91 Å². The smallest absolute Gasteiger partial charge is 0.257 e. The van der Waals surface area contributed by atoms with E-state index in [9.17, 15) is 9.59 Å². The van der Waals surface area contributed by atoms with Crippen LogP contribution in [0.3, 0.4) is 0 Å². The van der Waals surface area contributed by atoms with E-state index in [4.69, 9.17) is 22.1 Å². The van der Waals surface area contributed by atoms with Crippen molar-refractivity contribution >= 4 is 23.4 Å². The number of rotatable bonds is 2. The summed E-state index contributed by atoms with van der Waals surface area (Å²) in [4.78, 5) is 28.8. The first-order chi connectivity index (χ1) is 8.61. The Hall–Kier alpha value is -1.66. The van der Waals surface area contributed by atoms with Crippen LogP contribution in [-0.2, 0) is 9.53 Å². The van der Waals surface area contributed by atoms with Gasteiger partial charge in [-0.2, -0.15) is 0 Å². The number of nitrogens with two attached hydrogens (primary N) is 1. The standard InChI is InChI=1S/C11H12ClN3O3/c12-8-1-2-14-5-7(8)11(17)15-3-4-18-6-9(15)10(13)16/h1-2,5,9H,3-4,6H2,(H2,13,16). The number of pyridine rings is 1. The van der Waals surface area contributed by atoms with Gasteiger partial charge in [-0.05, 0) is 6.07 Å². The van der Waals surface area contributed by atoms with Gasteiger partial charge >= 0.3 is 0 Å². The van der Waals surface area contributed by atoms with Crippen LogP contribution < -0.4 is 5.73 Å². The van der Waals surface area contributed by atoms with Crippen LogP contribution in [0.5, 0.6) is 0 Å². The lowest BCUT2D eigenvalue weighted by Gasteiger charge is -2.33. The minimum absolute atomic E-state index is 0.110. The van der Waals surface area contributed by atoms with Crippen molar-refractivity contribution in [1.29, 1.82) is 0 Å². The molecule has 1 saturated heterocycles. The number of aromatic nitrogens is 1. The summed E-state index contributed by atoms with van der Waals surface area (Å²) in [5.74, 6) is -0.955. The fourth-order valence-corrected chi connectivity index (χ4v) is 1.96. The van der Waals surface area contributed by atoms with Crippen LogP contribution in [0.2, 0.25) is 5.02 Å². The van der Waals surface area contributed by atoms with Crippen LogP contribution >= 0.6 is 11.6 Å². The fraction of sp³-hybridized carbons (Fsp3) is 0.364. The van der Waals surface area contributed by atoms with Gasteiger partial charge in [-0.15, -0.1) is 0 Å². The number of primary amides is 1. The average Bonchev–Trinajstić information content (AvgIpc) is 2.38. The van der Waals surface area contributed by atoms with E-state index >= 15 is 0 Å². The highest BCUT2D eigenvalue weighted by Crippen LogP contribution is 2.18. The molecular formula is C11H12ClN3O3. The van der Waals surface area contributed by atoms with E-state index in [1.165, 1.54) is 23.4 Å². The van der Waals surface area contributed by atoms with Gasteiger partial charge in [0.15, 0.2) is 0 Å². The first-order valence-electron chi connectivity index (χ1n) is 5.39. The Balaban J connectivity index is 2.27. The Morgan fingerprint density at radius 2 is 2.33 bits per heavy atom. The van der Waals surface area contributed by atoms with Crippen molar-refractivity contribution in [3.63, 3.8) is 0 Å². The van der Waals surface area contributed by atoms with E-state index in [1.54, 1.807) is 0 Å². The van der Waals surface area contributed by atoms with Crippen LogP contribution in [-0.4, -0.2) is 47.5 Å². The third kappa shape index (κ3) is 2.44. The minimum atomic E-state index is -0.762. The summed E-state index contributed by atoms with van der Waals surface area (Å²) in [5, 5.41) is 0.296. The lowest BCUT2D eigenvalue weighted by molar-refractivity contribution is -0.127. The van der Waals surface area contributed by atoms with Gasteiger partial charge in [0.25, 0.3) is 5.91 Å². The molecule has 0 aliphatic carbocycles. The first kappa shape index (κ1) is 12.8. The molecule has 0 aromatic carbocycles. The van der Waals surface area contributed by atoms with E-state index in [2.05, 4.69) is 4.98 Å². The van der Waals surface area contributed by atoms with E-state index in [0.717, 1.165) is 0 Å².